The molecule has 0 saturated heterocycles. The zero-order chi connectivity index (χ0) is 12.3. The molecule has 0 fully saturated rings. The Bertz CT molecular complexity index is 337. The molecule has 1 nitrogen and oxygen atoms in total. The second-order valence-corrected chi connectivity index (χ2v) is 5.53. The molecule has 1 aromatic carbocycles. The summed E-state index contributed by atoms with van der Waals surface area (Å²) in [7, 11) is 0. The molecule has 0 aromatic heterocycles. The Kier molecular flexibility index (Phi) is 4.34. The number of aliphatic hydroxyl groups excluding tert-OH is 1. The molecule has 1 unspecified atom stereocenters. The van der Waals surface area contributed by atoms with Crippen molar-refractivity contribution in [2.24, 2.45) is 5.41 Å². The SMILES string of the molecule is CC(C)(C)C(O)CCc1c(F)cccc1Cl. The molecule has 0 amide bonds. The Labute approximate surface area is 101 Å². The molecule has 16 heavy (non-hydrogen) atoms. The topological polar surface area (TPSA) is 20.2 Å². The zero-order valence-corrected chi connectivity index (χ0v) is 10.7. The van der Waals surface area contributed by atoms with Crippen LogP contribution in [0.4, 0.5) is 4.39 Å². The number of rotatable bonds is 3. The van der Waals surface area contributed by atoms with Crippen molar-refractivity contribution >= 4 is 11.6 Å². The number of benzene rings is 1. The summed E-state index contributed by atoms with van der Waals surface area (Å²) in [6, 6.07) is 4.65. The fraction of sp³-hybridized carbons (Fsp3) is 0.538. The molecule has 0 spiro atoms. The van der Waals surface area contributed by atoms with Gasteiger partial charge in [0, 0.05) is 10.6 Å². The summed E-state index contributed by atoms with van der Waals surface area (Å²) >= 11 is 5.91. The maximum absolute atomic E-state index is 13.4. The van der Waals surface area contributed by atoms with E-state index in [1.165, 1.54) is 6.07 Å². The van der Waals surface area contributed by atoms with E-state index in [9.17, 15) is 9.50 Å². The second kappa shape index (κ2) is 5.15. The molecular formula is C13H18ClFO. The van der Waals surface area contributed by atoms with Crippen LogP contribution in [-0.4, -0.2) is 11.2 Å². The lowest BCUT2D eigenvalue weighted by Gasteiger charge is -2.25. The third-order valence-electron chi connectivity index (χ3n) is 2.73. The quantitative estimate of drug-likeness (QED) is 0.857. The Morgan fingerprint density at radius 3 is 2.50 bits per heavy atom. The average Bonchev–Trinajstić information content (AvgIpc) is 2.15. The van der Waals surface area contributed by atoms with Crippen molar-refractivity contribution < 1.29 is 9.50 Å². The van der Waals surface area contributed by atoms with E-state index in [0.717, 1.165) is 0 Å². The minimum Gasteiger partial charge on any atom is -0.393 e. The van der Waals surface area contributed by atoms with E-state index >= 15 is 0 Å². The summed E-state index contributed by atoms with van der Waals surface area (Å²) < 4.78 is 13.4. The summed E-state index contributed by atoms with van der Waals surface area (Å²) in [5.74, 6) is -0.298. The Balaban J connectivity index is 2.69. The molecule has 0 bridgehead atoms. The first-order chi connectivity index (χ1) is 7.32. The summed E-state index contributed by atoms with van der Waals surface area (Å²) in [4.78, 5) is 0. The van der Waals surface area contributed by atoms with Gasteiger partial charge in [0.05, 0.1) is 6.10 Å². The van der Waals surface area contributed by atoms with Crippen LogP contribution in [0.3, 0.4) is 0 Å². The van der Waals surface area contributed by atoms with Crippen molar-refractivity contribution in [3.05, 3.63) is 34.6 Å². The van der Waals surface area contributed by atoms with Crippen LogP contribution in [0.1, 0.15) is 32.8 Å². The molecule has 0 heterocycles. The van der Waals surface area contributed by atoms with Gasteiger partial charge in [0.15, 0.2) is 0 Å². The lowest BCUT2D eigenvalue weighted by Crippen LogP contribution is -2.26. The highest BCUT2D eigenvalue weighted by Gasteiger charge is 2.22. The molecule has 3 heteroatoms. The second-order valence-electron chi connectivity index (χ2n) is 5.12. The number of hydrogen-bond acceptors (Lipinski definition) is 1. The highest BCUT2D eigenvalue weighted by Crippen LogP contribution is 2.26. The highest BCUT2D eigenvalue weighted by molar-refractivity contribution is 6.31. The summed E-state index contributed by atoms with van der Waals surface area (Å²) in [6.45, 7) is 5.88. The molecule has 1 rings (SSSR count). The van der Waals surface area contributed by atoms with Crippen LogP contribution < -0.4 is 0 Å². The van der Waals surface area contributed by atoms with Crippen molar-refractivity contribution in [1.82, 2.24) is 0 Å². The third-order valence-corrected chi connectivity index (χ3v) is 3.08. The van der Waals surface area contributed by atoms with Crippen molar-refractivity contribution in [3.8, 4) is 0 Å². The van der Waals surface area contributed by atoms with Crippen LogP contribution >= 0.6 is 11.6 Å². The van der Waals surface area contributed by atoms with Crippen molar-refractivity contribution in [2.45, 2.75) is 39.7 Å². The molecule has 90 valence electrons. The highest BCUT2D eigenvalue weighted by atomic mass is 35.5. The summed E-state index contributed by atoms with van der Waals surface area (Å²) in [6.07, 6.45) is 0.525. The van der Waals surface area contributed by atoms with Gasteiger partial charge in [-0.2, -0.15) is 0 Å². The van der Waals surface area contributed by atoms with Crippen molar-refractivity contribution in [3.63, 3.8) is 0 Å². The molecular weight excluding hydrogens is 227 g/mol. The molecule has 0 saturated carbocycles. The Morgan fingerprint density at radius 2 is 2.00 bits per heavy atom. The van der Waals surface area contributed by atoms with E-state index in [-0.39, 0.29) is 11.2 Å². The van der Waals surface area contributed by atoms with Gasteiger partial charge in [0.2, 0.25) is 0 Å². The summed E-state index contributed by atoms with van der Waals surface area (Å²) in [5.41, 5.74) is 0.310. The van der Waals surface area contributed by atoms with Crippen LogP contribution in [0.15, 0.2) is 18.2 Å². The minimum atomic E-state index is -0.455. The molecule has 1 atom stereocenters. The van der Waals surface area contributed by atoms with Gasteiger partial charge in [-0.05, 0) is 30.4 Å². The first-order valence-electron chi connectivity index (χ1n) is 5.43. The van der Waals surface area contributed by atoms with Gasteiger partial charge in [-0.1, -0.05) is 38.4 Å². The number of halogens is 2. The van der Waals surface area contributed by atoms with Crippen molar-refractivity contribution in [1.29, 1.82) is 0 Å². The van der Waals surface area contributed by atoms with Gasteiger partial charge in [0.1, 0.15) is 5.82 Å². The zero-order valence-electron chi connectivity index (χ0n) is 9.93. The minimum absolute atomic E-state index is 0.183. The predicted molar refractivity (Wildman–Crippen MR) is 65.2 cm³/mol. The molecule has 0 aliphatic rings. The lowest BCUT2D eigenvalue weighted by molar-refractivity contribution is 0.0558. The predicted octanol–water partition coefficient (Wildman–Crippen LogP) is 3.82. The van der Waals surface area contributed by atoms with E-state index in [2.05, 4.69) is 0 Å². The first kappa shape index (κ1) is 13.5. The van der Waals surface area contributed by atoms with Gasteiger partial charge >= 0.3 is 0 Å². The largest absolute Gasteiger partial charge is 0.393 e. The molecule has 1 N–H and O–H groups in total. The van der Waals surface area contributed by atoms with E-state index in [0.29, 0.717) is 23.4 Å². The van der Waals surface area contributed by atoms with Gasteiger partial charge in [-0.15, -0.1) is 0 Å². The first-order valence-corrected chi connectivity index (χ1v) is 5.81. The molecule has 0 radical (unpaired) electrons. The average molecular weight is 245 g/mol. The molecule has 0 aliphatic carbocycles. The lowest BCUT2D eigenvalue weighted by atomic mass is 9.86. The smallest absolute Gasteiger partial charge is 0.127 e. The van der Waals surface area contributed by atoms with E-state index in [4.69, 9.17) is 11.6 Å². The van der Waals surface area contributed by atoms with E-state index < -0.39 is 6.10 Å². The summed E-state index contributed by atoms with van der Waals surface area (Å²) in [5, 5.41) is 10.3. The van der Waals surface area contributed by atoms with Gasteiger partial charge in [-0.25, -0.2) is 4.39 Å². The maximum Gasteiger partial charge on any atom is 0.127 e. The van der Waals surface area contributed by atoms with Crippen LogP contribution in [0, 0.1) is 11.2 Å². The number of hydrogen-bond donors (Lipinski definition) is 1. The fourth-order valence-electron chi connectivity index (χ4n) is 1.49. The van der Waals surface area contributed by atoms with Crippen LogP contribution in [-0.2, 0) is 6.42 Å². The Morgan fingerprint density at radius 1 is 1.38 bits per heavy atom. The van der Waals surface area contributed by atoms with Crippen LogP contribution in [0.25, 0.3) is 0 Å². The van der Waals surface area contributed by atoms with Gasteiger partial charge < -0.3 is 5.11 Å². The van der Waals surface area contributed by atoms with Crippen molar-refractivity contribution in [2.75, 3.05) is 0 Å². The van der Waals surface area contributed by atoms with Gasteiger partial charge in [-0.3, -0.25) is 0 Å². The fourth-order valence-corrected chi connectivity index (χ4v) is 1.74. The van der Waals surface area contributed by atoms with Crippen LogP contribution in [0.5, 0.6) is 0 Å². The molecule has 0 aliphatic heterocycles. The Hall–Kier alpha value is -0.600. The standard InChI is InChI=1S/C13H18ClFO/c1-13(2,3)12(16)8-7-9-10(14)5-4-6-11(9)15/h4-6,12,16H,7-8H2,1-3H3. The number of aliphatic hydroxyl groups is 1. The maximum atomic E-state index is 13.4. The molecule has 1 aromatic rings. The van der Waals surface area contributed by atoms with Gasteiger partial charge in [0.25, 0.3) is 0 Å². The third kappa shape index (κ3) is 3.46. The van der Waals surface area contributed by atoms with E-state index in [1.807, 2.05) is 20.8 Å². The normalized spacial score (nSPS) is 13.9. The van der Waals surface area contributed by atoms with E-state index in [1.54, 1.807) is 12.1 Å². The van der Waals surface area contributed by atoms with Crippen LogP contribution in [0.2, 0.25) is 5.02 Å². The monoisotopic (exact) mass is 244 g/mol.